The Morgan fingerprint density at radius 3 is 2.38 bits per heavy atom. The molecule has 0 atom stereocenters. The van der Waals surface area contributed by atoms with E-state index < -0.39 is 16.0 Å². The summed E-state index contributed by atoms with van der Waals surface area (Å²) in [5.41, 5.74) is 1.07. The third-order valence-electron chi connectivity index (χ3n) is 3.99. The van der Waals surface area contributed by atoms with E-state index >= 15 is 0 Å². The summed E-state index contributed by atoms with van der Waals surface area (Å²) in [6, 6.07) is 13.1. The molecule has 0 bridgehead atoms. The molecule has 0 radical (unpaired) electrons. The summed E-state index contributed by atoms with van der Waals surface area (Å²) in [5.74, 6) is -0.872. The lowest BCUT2D eigenvalue weighted by Crippen LogP contribution is -2.17. The highest BCUT2D eigenvalue weighted by molar-refractivity contribution is 7.90. The molecule has 0 unspecified atom stereocenters. The molecule has 0 aliphatic carbocycles. The number of aryl methyl sites for hydroxylation is 1. The summed E-state index contributed by atoms with van der Waals surface area (Å²) in [6.45, 7) is 1.86. The van der Waals surface area contributed by atoms with Crippen LogP contribution in [0.4, 0.5) is 0 Å². The molecule has 2 aromatic carbocycles. The number of rotatable bonds is 4. The third kappa shape index (κ3) is 2.84. The molecule has 1 heterocycles. The van der Waals surface area contributed by atoms with Crippen molar-refractivity contribution in [2.75, 3.05) is 7.11 Å². The van der Waals surface area contributed by atoms with Crippen molar-refractivity contribution in [2.45, 2.75) is 11.8 Å². The van der Waals surface area contributed by atoms with E-state index in [1.165, 1.54) is 18.3 Å². The summed E-state index contributed by atoms with van der Waals surface area (Å²) in [6.07, 6.45) is 1.26. The van der Waals surface area contributed by atoms with Gasteiger partial charge < -0.3 is 9.94 Å². The highest BCUT2D eigenvalue weighted by Gasteiger charge is 2.26. The second kappa shape index (κ2) is 6.64. The van der Waals surface area contributed by atoms with E-state index in [1.54, 1.807) is 36.4 Å². The SMILES string of the molecule is COC(=O)/C(=N\O)c1cn(S(=O)(=O)c2ccc(C)cc2)c2ccccc12. The first-order chi connectivity index (χ1) is 12.4. The van der Waals surface area contributed by atoms with Gasteiger partial charge in [-0.1, -0.05) is 41.1 Å². The molecule has 0 aliphatic rings. The maximum Gasteiger partial charge on any atom is 0.360 e. The molecule has 0 spiro atoms. The first-order valence-electron chi connectivity index (χ1n) is 7.63. The Morgan fingerprint density at radius 2 is 1.77 bits per heavy atom. The van der Waals surface area contributed by atoms with Crippen LogP contribution in [0.3, 0.4) is 0 Å². The van der Waals surface area contributed by atoms with E-state index in [4.69, 9.17) is 0 Å². The van der Waals surface area contributed by atoms with Gasteiger partial charge in [0.2, 0.25) is 0 Å². The van der Waals surface area contributed by atoms with Crippen LogP contribution in [-0.4, -0.2) is 36.4 Å². The van der Waals surface area contributed by atoms with E-state index in [-0.39, 0.29) is 16.2 Å². The fraction of sp³-hybridized carbons (Fsp3) is 0.111. The lowest BCUT2D eigenvalue weighted by Gasteiger charge is -2.07. The van der Waals surface area contributed by atoms with Crippen LogP contribution < -0.4 is 0 Å². The highest BCUT2D eigenvalue weighted by Crippen LogP contribution is 2.27. The van der Waals surface area contributed by atoms with Crippen LogP contribution in [0.2, 0.25) is 0 Å². The van der Waals surface area contributed by atoms with Crippen molar-refractivity contribution in [3.63, 3.8) is 0 Å². The van der Waals surface area contributed by atoms with Gasteiger partial charge >= 0.3 is 5.97 Å². The quantitative estimate of drug-likeness (QED) is 0.328. The van der Waals surface area contributed by atoms with Crippen LogP contribution >= 0.6 is 0 Å². The molecule has 7 nitrogen and oxygen atoms in total. The Hall–Kier alpha value is -3.13. The van der Waals surface area contributed by atoms with Crippen molar-refractivity contribution in [3.8, 4) is 0 Å². The standard InChI is InChI=1S/C18H16N2O5S/c1-12-7-9-13(10-8-12)26(23,24)20-11-15(17(19-22)18(21)25-2)14-5-3-4-6-16(14)20/h3-11,22H,1-2H3/b19-17-. The Labute approximate surface area is 150 Å². The van der Waals surface area contributed by atoms with Gasteiger partial charge in [0.05, 0.1) is 17.5 Å². The van der Waals surface area contributed by atoms with Crippen molar-refractivity contribution in [1.82, 2.24) is 3.97 Å². The van der Waals surface area contributed by atoms with Gasteiger partial charge in [-0.3, -0.25) is 0 Å². The second-order valence-corrected chi connectivity index (χ2v) is 7.43. The molecule has 0 fully saturated rings. The van der Waals surface area contributed by atoms with Crippen LogP contribution in [0.15, 0.2) is 64.8 Å². The summed E-state index contributed by atoms with van der Waals surface area (Å²) >= 11 is 0. The van der Waals surface area contributed by atoms with Gasteiger partial charge in [0.25, 0.3) is 10.0 Å². The molecule has 26 heavy (non-hydrogen) atoms. The Morgan fingerprint density at radius 1 is 1.12 bits per heavy atom. The number of methoxy groups -OCH3 is 1. The number of carbonyl (C=O) groups excluding carboxylic acids is 1. The third-order valence-corrected chi connectivity index (χ3v) is 5.68. The molecule has 3 rings (SSSR count). The zero-order chi connectivity index (χ0) is 18.9. The number of esters is 1. The van der Waals surface area contributed by atoms with Crippen molar-refractivity contribution < 1.29 is 23.2 Å². The molecule has 1 N–H and O–H groups in total. The van der Waals surface area contributed by atoms with Crippen LogP contribution in [0.1, 0.15) is 11.1 Å². The zero-order valence-electron chi connectivity index (χ0n) is 14.1. The second-order valence-electron chi connectivity index (χ2n) is 5.61. The zero-order valence-corrected chi connectivity index (χ0v) is 14.9. The van der Waals surface area contributed by atoms with Gasteiger partial charge in [0, 0.05) is 17.1 Å². The number of benzene rings is 2. The predicted molar refractivity (Wildman–Crippen MR) is 96.0 cm³/mol. The van der Waals surface area contributed by atoms with Gasteiger partial charge in [-0.15, -0.1) is 0 Å². The fourth-order valence-corrected chi connectivity index (χ4v) is 4.03. The molecular weight excluding hydrogens is 356 g/mol. The first kappa shape index (κ1) is 17.7. The van der Waals surface area contributed by atoms with Crippen LogP contribution in [0.5, 0.6) is 0 Å². The van der Waals surface area contributed by atoms with Crippen LogP contribution in [-0.2, 0) is 19.6 Å². The van der Waals surface area contributed by atoms with E-state index in [9.17, 15) is 18.4 Å². The topological polar surface area (TPSA) is 98.0 Å². The van der Waals surface area contributed by atoms with E-state index in [0.717, 1.165) is 16.6 Å². The lowest BCUT2D eigenvalue weighted by molar-refractivity contribution is -0.132. The van der Waals surface area contributed by atoms with Gasteiger partial charge in [-0.05, 0) is 25.1 Å². The number of oxime groups is 1. The largest absolute Gasteiger partial charge is 0.464 e. The van der Waals surface area contributed by atoms with E-state index in [1.807, 2.05) is 6.92 Å². The van der Waals surface area contributed by atoms with Crippen molar-refractivity contribution in [1.29, 1.82) is 0 Å². The monoisotopic (exact) mass is 372 g/mol. The molecule has 0 saturated carbocycles. The summed E-state index contributed by atoms with van der Waals surface area (Å²) in [7, 11) is -2.76. The molecular formula is C18H16N2O5S. The van der Waals surface area contributed by atoms with E-state index in [2.05, 4.69) is 9.89 Å². The molecule has 1 aromatic heterocycles. The van der Waals surface area contributed by atoms with Crippen molar-refractivity contribution in [2.24, 2.45) is 5.16 Å². The number of para-hydroxylation sites is 1. The first-order valence-corrected chi connectivity index (χ1v) is 9.07. The van der Waals surface area contributed by atoms with Gasteiger partial charge in [-0.25, -0.2) is 17.2 Å². The molecule has 0 amide bonds. The number of nitrogens with zero attached hydrogens (tertiary/aromatic N) is 2. The lowest BCUT2D eigenvalue weighted by atomic mass is 10.1. The van der Waals surface area contributed by atoms with Crippen LogP contribution in [0.25, 0.3) is 10.9 Å². The number of carbonyl (C=O) groups is 1. The minimum atomic E-state index is -3.91. The number of aromatic nitrogens is 1. The Balaban J connectivity index is 2.28. The Kier molecular flexibility index (Phi) is 4.52. The highest BCUT2D eigenvalue weighted by atomic mass is 32.2. The summed E-state index contributed by atoms with van der Waals surface area (Å²) in [5, 5.41) is 12.7. The molecule has 3 aromatic rings. The van der Waals surface area contributed by atoms with Crippen molar-refractivity contribution in [3.05, 3.63) is 65.9 Å². The molecule has 134 valence electrons. The van der Waals surface area contributed by atoms with Gasteiger partial charge in [-0.2, -0.15) is 0 Å². The molecule has 8 heteroatoms. The smallest absolute Gasteiger partial charge is 0.360 e. The predicted octanol–water partition coefficient (Wildman–Crippen LogP) is 2.54. The summed E-state index contributed by atoms with van der Waals surface area (Å²) in [4.78, 5) is 12.0. The average molecular weight is 372 g/mol. The minimum absolute atomic E-state index is 0.107. The number of hydrogen-bond acceptors (Lipinski definition) is 6. The fourth-order valence-electron chi connectivity index (χ4n) is 2.66. The maximum atomic E-state index is 13.1. The maximum absolute atomic E-state index is 13.1. The molecule has 0 aliphatic heterocycles. The number of hydrogen-bond donors (Lipinski definition) is 1. The number of ether oxygens (including phenoxy) is 1. The number of fused-ring (bicyclic) bond motifs is 1. The van der Waals surface area contributed by atoms with Crippen molar-refractivity contribution >= 4 is 32.6 Å². The van der Waals surface area contributed by atoms with Gasteiger partial charge in [0.1, 0.15) is 0 Å². The van der Waals surface area contributed by atoms with Gasteiger partial charge in [0.15, 0.2) is 5.71 Å². The minimum Gasteiger partial charge on any atom is -0.464 e. The normalized spacial score (nSPS) is 12.3. The average Bonchev–Trinajstić information content (AvgIpc) is 3.03. The Bertz CT molecular complexity index is 1110. The summed E-state index contributed by atoms with van der Waals surface area (Å²) < 4.78 is 31.8. The van der Waals surface area contributed by atoms with Crippen LogP contribution in [0, 0.1) is 6.92 Å². The van der Waals surface area contributed by atoms with E-state index in [0.29, 0.717) is 10.9 Å². The molecule has 0 saturated heterocycles.